The first-order chi connectivity index (χ1) is 9.76. The number of rotatable bonds is 4. The maximum Gasteiger partial charge on any atom is 0.0946 e. The van der Waals surface area contributed by atoms with Gasteiger partial charge >= 0.3 is 0 Å². The van der Waals surface area contributed by atoms with Crippen molar-refractivity contribution in [3.8, 4) is 0 Å². The Labute approximate surface area is 130 Å². The Bertz CT molecular complexity index is 414. The monoisotopic (exact) mass is 291 g/mol. The molecule has 1 aromatic rings. The summed E-state index contributed by atoms with van der Waals surface area (Å²) in [4.78, 5) is 4.17. The predicted octanol–water partition coefficient (Wildman–Crippen LogP) is 4.25. The second kappa shape index (κ2) is 6.51. The van der Waals surface area contributed by atoms with Gasteiger partial charge in [-0.3, -0.25) is 0 Å². The van der Waals surface area contributed by atoms with Crippen LogP contribution in [0.2, 0.25) is 0 Å². The van der Waals surface area contributed by atoms with E-state index < -0.39 is 0 Å². The highest BCUT2D eigenvalue weighted by molar-refractivity contribution is 4.88. The molecule has 1 aromatic heterocycles. The molecular weight excluding hydrogens is 258 g/mol. The average Bonchev–Trinajstić information content (AvgIpc) is 2.80. The van der Waals surface area contributed by atoms with Crippen LogP contribution in [0.25, 0.3) is 0 Å². The molecule has 3 heteroatoms. The van der Waals surface area contributed by atoms with E-state index in [1.54, 1.807) is 0 Å². The van der Waals surface area contributed by atoms with Crippen LogP contribution in [0.4, 0.5) is 0 Å². The smallest absolute Gasteiger partial charge is 0.0946 e. The van der Waals surface area contributed by atoms with Crippen LogP contribution in [0.3, 0.4) is 0 Å². The highest BCUT2D eigenvalue weighted by atomic mass is 15.1. The molecule has 2 unspecified atom stereocenters. The van der Waals surface area contributed by atoms with Crippen molar-refractivity contribution in [2.75, 3.05) is 0 Å². The van der Waals surface area contributed by atoms with Crippen molar-refractivity contribution in [3.05, 3.63) is 18.7 Å². The van der Waals surface area contributed by atoms with E-state index in [1.807, 2.05) is 12.5 Å². The molecule has 2 atom stereocenters. The van der Waals surface area contributed by atoms with Crippen LogP contribution in [-0.4, -0.2) is 21.6 Å². The van der Waals surface area contributed by atoms with E-state index in [-0.39, 0.29) is 5.41 Å². The molecule has 1 saturated carbocycles. The summed E-state index contributed by atoms with van der Waals surface area (Å²) < 4.78 is 2.20. The van der Waals surface area contributed by atoms with Crippen molar-refractivity contribution in [3.63, 3.8) is 0 Å². The molecule has 0 saturated heterocycles. The Morgan fingerprint density at radius 3 is 2.67 bits per heavy atom. The first-order valence-corrected chi connectivity index (χ1v) is 8.48. The van der Waals surface area contributed by atoms with E-state index in [9.17, 15) is 0 Å². The van der Waals surface area contributed by atoms with Crippen molar-refractivity contribution in [2.24, 2.45) is 10.8 Å². The lowest BCUT2D eigenvalue weighted by atomic mass is 9.84. The van der Waals surface area contributed by atoms with Gasteiger partial charge in [-0.05, 0) is 36.5 Å². The van der Waals surface area contributed by atoms with E-state index >= 15 is 0 Å². The fourth-order valence-electron chi connectivity index (χ4n) is 3.29. The number of hydrogen-bond acceptors (Lipinski definition) is 2. The van der Waals surface area contributed by atoms with Crippen LogP contribution in [-0.2, 0) is 6.54 Å². The number of imidazole rings is 1. The molecule has 1 heterocycles. The molecule has 0 amide bonds. The van der Waals surface area contributed by atoms with Crippen molar-refractivity contribution in [2.45, 2.75) is 85.4 Å². The van der Waals surface area contributed by atoms with Crippen molar-refractivity contribution in [1.29, 1.82) is 0 Å². The Morgan fingerprint density at radius 2 is 2.05 bits per heavy atom. The molecule has 1 N–H and O–H groups in total. The molecule has 0 aliphatic heterocycles. The van der Waals surface area contributed by atoms with Gasteiger partial charge in [-0.1, -0.05) is 41.0 Å². The Morgan fingerprint density at radius 1 is 1.29 bits per heavy atom. The molecule has 0 radical (unpaired) electrons. The summed E-state index contributed by atoms with van der Waals surface area (Å²) in [5.41, 5.74) is 0.782. The number of nitrogens with one attached hydrogen (secondary N) is 1. The van der Waals surface area contributed by atoms with E-state index in [0.29, 0.717) is 17.5 Å². The van der Waals surface area contributed by atoms with Crippen LogP contribution in [0.5, 0.6) is 0 Å². The lowest BCUT2D eigenvalue weighted by molar-refractivity contribution is 0.212. The van der Waals surface area contributed by atoms with E-state index in [1.165, 1.54) is 32.1 Å². The third kappa shape index (κ3) is 5.14. The first kappa shape index (κ1) is 16.5. The van der Waals surface area contributed by atoms with E-state index in [2.05, 4.69) is 55.7 Å². The summed E-state index contributed by atoms with van der Waals surface area (Å²) >= 11 is 0. The van der Waals surface area contributed by atoms with Gasteiger partial charge in [-0.2, -0.15) is 0 Å². The van der Waals surface area contributed by atoms with E-state index in [4.69, 9.17) is 0 Å². The lowest BCUT2D eigenvalue weighted by Crippen LogP contribution is -2.48. The van der Waals surface area contributed by atoms with Crippen molar-refractivity contribution < 1.29 is 0 Å². The van der Waals surface area contributed by atoms with Crippen molar-refractivity contribution in [1.82, 2.24) is 14.9 Å². The molecular formula is C18H33N3. The molecule has 0 bridgehead atoms. The Hall–Kier alpha value is -0.830. The molecule has 0 aromatic carbocycles. The molecule has 120 valence electrons. The van der Waals surface area contributed by atoms with Crippen LogP contribution in [0.15, 0.2) is 18.7 Å². The second-order valence-corrected chi connectivity index (χ2v) is 8.64. The largest absolute Gasteiger partial charge is 0.336 e. The van der Waals surface area contributed by atoms with Gasteiger partial charge in [0.1, 0.15) is 0 Å². The first-order valence-electron chi connectivity index (χ1n) is 8.48. The normalized spacial score (nSPS) is 24.5. The highest BCUT2D eigenvalue weighted by Gasteiger charge is 2.30. The zero-order chi connectivity index (χ0) is 15.5. The molecule has 1 fully saturated rings. The zero-order valence-corrected chi connectivity index (χ0v) is 14.5. The van der Waals surface area contributed by atoms with Crippen LogP contribution < -0.4 is 5.32 Å². The standard InChI is InChI=1S/C18H33N3/c1-17(2,3)16(13-21-12-11-19-14-21)20-15-7-6-9-18(4,5)10-8-15/h11-12,14-16,20H,6-10,13H2,1-5H3. The highest BCUT2D eigenvalue weighted by Crippen LogP contribution is 2.34. The van der Waals surface area contributed by atoms with Gasteiger partial charge < -0.3 is 9.88 Å². The van der Waals surface area contributed by atoms with Crippen LogP contribution in [0.1, 0.15) is 66.7 Å². The van der Waals surface area contributed by atoms with E-state index in [0.717, 1.165) is 6.54 Å². The van der Waals surface area contributed by atoms with Gasteiger partial charge in [0.25, 0.3) is 0 Å². The summed E-state index contributed by atoms with van der Waals surface area (Å²) in [7, 11) is 0. The molecule has 1 aliphatic carbocycles. The minimum atomic E-state index is 0.256. The quantitative estimate of drug-likeness (QED) is 0.841. The molecule has 3 nitrogen and oxygen atoms in total. The van der Waals surface area contributed by atoms with Crippen molar-refractivity contribution >= 4 is 0 Å². The summed E-state index contributed by atoms with van der Waals surface area (Å²) in [6.07, 6.45) is 12.6. The van der Waals surface area contributed by atoms with Gasteiger partial charge in [0, 0.05) is 31.0 Å². The van der Waals surface area contributed by atoms with Crippen LogP contribution in [0, 0.1) is 10.8 Å². The van der Waals surface area contributed by atoms with Gasteiger partial charge in [0.15, 0.2) is 0 Å². The summed E-state index contributed by atoms with van der Waals surface area (Å²) in [5.74, 6) is 0. The Kier molecular flexibility index (Phi) is 5.13. The predicted molar refractivity (Wildman–Crippen MR) is 89.3 cm³/mol. The fraction of sp³-hybridized carbons (Fsp3) is 0.833. The summed E-state index contributed by atoms with van der Waals surface area (Å²) in [5, 5.41) is 3.96. The van der Waals surface area contributed by atoms with Gasteiger partial charge in [-0.25, -0.2) is 4.98 Å². The van der Waals surface area contributed by atoms with Gasteiger partial charge in [-0.15, -0.1) is 0 Å². The fourth-order valence-corrected chi connectivity index (χ4v) is 3.29. The molecule has 21 heavy (non-hydrogen) atoms. The Balaban J connectivity index is 1.98. The number of aromatic nitrogens is 2. The second-order valence-electron chi connectivity index (χ2n) is 8.64. The molecule has 0 spiro atoms. The number of nitrogens with zero attached hydrogens (tertiary/aromatic N) is 2. The minimum Gasteiger partial charge on any atom is -0.336 e. The molecule has 1 aliphatic rings. The maximum absolute atomic E-state index is 4.17. The van der Waals surface area contributed by atoms with Gasteiger partial charge in [0.05, 0.1) is 6.33 Å². The van der Waals surface area contributed by atoms with Crippen LogP contribution >= 0.6 is 0 Å². The lowest BCUT2D eigenvalue weighted by Gasteiger charge is -2.35. The average molecular weight is 291 g/mol. The minimum absolute atomic E-state index is 0.256. The SMILES string of the molecule is CC1(C)CCCC(NC(Cn2ccnc2)C(C)(C)C)CC1. The summed E-state index contributed by atoms with van der Waals surface area (Å²) in [6, 6.07) is 1.15. The molecule has 2 rings (SSSR count). The third-order valence-electron chi connectivity index (χ3n) is 5.01. The zero-order valence-electron chi connectivity index (χ0n) is 14.5. The number of hydrogen-bond donors (Lipinski definition) is 1. The topological polar surface area (TPSA) is 29.9 Å². The maximum atomic E-state index is 4.17. The third-order valence-corrected chi connectivity index (χ3v) is 5.01. The summed E-state index contributed by atoms with van der Waals surface area (Å²) in [6.45, 7) is 12.8. The van der Waals surface area contributed by atoms with Gasteiger partial charge in [0.2, 0.25) is 0 Å².